The lowest BCUT2D eigenvalue weighted by Crippen LogP contribution is -2.34. The van der Waals surface area contributed by atoms with Crippen LogP contribution >= 0.6 is 11.8 Å². The van der Waals surface area contributed by atoms with E-state index < -0.39 is 12.0 Å². The summed E-state index contributed by atoms with van der Waals surface area (Å²) in [5, 5.41) is 16.7. The molecule has 0 aromatic carbocycles. The van der Waals surface area contributed by atoms with Gasteiger partial charge >= 0.3 is 5.97 Å². The van der Waals surface area contributed by atoms with E-state index in [0.717, 1.165) is 5.75 Å². The summed E-state index contributed by atoms with van der Waals surface area (Å²) >= 11 is 1.55. The van der Waals surface area contributed by atoms with E-state index in [1.54, 1.807) is 17.2 Å². The van der Waals surface area contributed by atoms with E-state index in [2.05, 4.69) is 0 Å². The number of hydroxylamine groups is 1. The van der Waals surface area contributed by atoms with Crippen LogP contribution in [0.5, 0.6) is 0 Å². The smallest absolute Gasteiger partial charge is 0.323 e. The molecule has 6 N–H and O–H groups in total. The molecule has 0 heterocycles. The van der Waals surface area contributed by atoms with Gasteiger partial charge < -0.3 is 16.5 Å². The molecule has 0 spiro atoms. The van der Waals surface area contributed by atoms with Crippen molar-refractivity contribution in [3.63, 3.8) is 0 Å². The predicted octanol–water partition coefficient (Wildman–Crippen LogP) is 0.334. The summed E-state index contributed by atoms with van der Waals surface area (Å²) in [6.45, 7) is 0. The molecule has 0 saturated carbocycles. The highest BCUT2D eigenvalue weighted by Crippen LogP contribution is 1.99. The molecule has 0 aliphatic carbocycles. The van der Waals surface area contributed by atoms with Crippen LogP contribution in [0.1, 0.15) is 6.42 Å². The summed E-state index contributed by atoms with van der Waals surface area (Å²) in [5.41, 5.74) is 1.72. The Kier molecular flexibility index (Phi) is 9.44. The third kappa shape index (κ3) is 6.11. The SMILES string of the molecule is CSCCC(NO)C(=O)O.N. The van der Waals surface area contributed by atoms with Gasteiger partial charge in [-0.2, -0.15) is 17.2 Å². The molecule has 0 radical (unpaired) electrons. The Labute approximate surface area is 69.7 Å². The van der Waals surface area contributed by atoms with E-state index in [4.69, 9.17) is 10.3 Å². The molecular weight excluding hydrogens is 168 g/mol. The van der Waals surface area contributed by atoms with Crippen molar-refractivity contribution < 1.29 is 15.1 Å². The van der Waals surface area contributed by atoms with Crippen molar-refractivity contribution in [1.82, 2.24) is 11.6 Å². The van der Waals surface area contributed by atoms with Crippen LogP contribution in [0, 0.1) is 0 Å². The lowest BCUT2D eigenvalue weighted by molar-refractivity contribution is -0.142. The number of carboxylic acids is 1. The van der Waals surface area contributed by atoms with Crippen molar-refractivity contribution >= 4 is 17.7 Å². The van der Waals surface area contributed by atoms with Crippen molar-refractivity contribution in [1.29, 1.82) is 0 Å². The average molecular weight is 182 g/mol. The molecule has 0 aromatic rings. The third-order valence-electron chi connectivity index (χ3n) is 1.06. The van der Waals surface area contributed by atoms with Crippen molar-refractivity contribution in [2.45, 2.75) is 12.5 Å². The first-order chi connectivity index (χ1) is 4.72. The van der Waals surface area contributed by atoms with Crippen molar-refractivity contribution in [2.24, 2.45) is 0 Å². The number of carboxylic acid groups (broad SMARTS) is 1. The first kappa shape index (κ1) is 13.3. The highest BCUT2D eigenvalue weighted by atomic mass is 32.2. The fourth-order valence-corrected chi connectivity index (χ4v) is 0.950. The van der Waals surface area contributed by atoms with Gasteiger partial charge in [0.05, 0.1) is 0 Å². The largest absolute Gasteiger partial charge is 0.480 e. The minimum Gasteiger partial charge on any atom is -0.480 e. The van der Waals surface area contributed by atoms with Gasteiger partial charge in [-0.3, -0.25) is 4.79 Å². The van der Waals surface area contributed by atoms with Gasteiger partial charge in [0.2, 0.25) is 0 Å². The van der Waals surface area contributed by atoms with Crippen LogP contribution in [0.25, 0.3) is 0 Å². The van der Waals surface area contributed by atoms with E-state index in [-0.39, 0.29) is 6.15 Å². The maximum Gasteiger partial charge on any atom is 0.323 e. The van der Waals surface area contributed by atoms with Gasteiger partial charge in [0.15, 0.2) is 0 Å². The topological polar surface area (TPSA) is 105 Å². The molecule has 0 rings (SSSR count). The van der Waals surface area contributed by atoms with Gasteiger partial charge in [0.1, 0.15) is 6.04 Å². The number of rotatable bonds is 5. The molecular formula is C5H14N2O3S. The van der Waals surface area contributed by atoms with Crippen LogP contribution in [-0.4, -0.2) is 34.3 Å². The van der Waals surface area contributed by atoms with Crippen LogP contribution in [-0.2, 0) is 4.79 Å². The molecule has 0 saturated heterocycles. The summed E-state index contributed by atoms with van der Waals surface area (Å²) in [6, 6.07) is -0.826. The molecule has 0 aliphatic heterocycles. The van der Waals surface area contributed by atoms with E-state index in [9.17, 15) is 4.79 Å². The highest BCUT2D eigenvalue weighted by Gasteiger charge is 2.14. The molecule has 1 unspecified atom stereocenters. The number of aliphatic carboxylic acids is 1. The Bertz CT molecular complexity index is 112. The summed E-state index contributed by atoms with van der Waals surface area (Å²) in [6.07, 6.45) is 2.32. The van der Waals surface area contributed by atoms with E-state index in [1.807, 2.05) is 6.26 Å². The molecule has 0 amide bonds. The Morgan fingerprint density at radius 3 is 2.55 bits per heavy atom. The maximum atomic E-state index is 10.2. The number of hydrogen-bond acceptors (Lipinski definition) is 5. The quantitative estimate of drug-likeness (QED) is 0.457. The minimum absolute atomic E-state index is 0. The average Bonchev–Trinajstić information content (AvgIpc) is 1.89. The molecule has 5 nitrogen and oxygen atoms in total. The second kappa shape index (κ2) is 7.80. The number of thioether (sulfide) groups is 1. The van der Waals surface area contributed by atoms with Gasteiger partial charge in [0, 0.05) is 0 Å². The first-order valence-corrected chi connectivity index (χ1v) is 4.23. The van der Waals surface area contributed by atoms with Gasteiger partial charge in [-0.25, -0.2) is 0 Å². The monoisotopic (exact) mass is 182 g/mol. The number of hydrogen-bond donors (Lipinski definition) is 4. The van der Waals surface area contributed by atoms with E-state index in [1.165, 1.54) is 0 Å². The maximum absolute atomic E-state index is 10.2. The number of nitrogens with one attached hydrogen (secondary N) is 1. The fraction of sp³-hybridized carbons (Fsp3) is 0.800. The predicted molar refractivity (Wildman–Crippen MR) is 44.4 cm³/mol. The Balaban J connectivity index is 0. The minimum atomic E-state index is -1.02. The lowest BCUT2D eigenvalue weighted by atomic mass is 10.2. The fourth-order valence-electron chi connectivity index (χ4n) is 0.479. The van der Waals surface area contributed by atoms with Crippen LogP contribution in [0.4, 0.5) is 0 Å². The zero-order valence-electron chi connectivity index (χ0n) is 6.41. The van der Waals surface area contributed by atoms with Crippen molar-refractivity contribution in [3.8, 4) is 0 Å². The van der Waals surface area contributed by atoms with Crippen molar-refractivity contribution in [2.75, 3.05) is 12.0 Å². The zero-order chi connectivity index (χ0) is 7.98. The first-order valence-electron chi connectivity index (χ1n) is 2.83. The summed E-state index contributed by atoms with van der Waals surface area (Å²) in [4.78, 5) is 10.2. The van der Waals surface area contributed by atoms with E-state index >= 15 is 0 Å². The van der Waals surface area contributed by atoms with Crippen LogP contribution in [0.15, 0.2) is 0 Å². The molecule has 0 aromatic heterocycles. The Morgan fingerprint density at radius 1 is 1.73 bits per heavy atom. The number of carbonyl (C=O) groups is 1. The van der Waals surface area contributed by atoms with Crippen LogP contribution < -0.4 is 11.6 Å². The lowest BCUT2D eigenvalue weighted by Gasteiger charge is -2.07. The van der Waals surface area contributed by atoms with Gasteiger partial charge in [-0.1, -0.05) is 0 Å². The zero-order valence-corrected chi connectivity index (χ0v) is 7.23. The molecule has 0 aliphatic rings. The second-order valence-electron chi connectivity index (χ2n) is 1.80. The summed E-state index contributed by atoms with van der Waals surface area (Å²) < 4.78 is 0. The summed E-state index contributed by atoms with van der Waals surface area (Å²) in [7, 11) is 0. The van der Waals surface area contributed by atoms with Crippen LogP contribution in [0.3, 0.4) is 0 Å². The third-order valence-corrected chi connectivity index (χ3v) is 1.71. The van der Waals surface area contributed by atoms with Gasteiger partial charge in [-0.05, 0) is 18.4 Å². The molecule has 0 fully saturated rings. The highest BCUT2D eigenvalue weighted by molar-refractivity contribution is 7.98. The molecule has 6 heteroatoms. The van der Waals surface area contributed by atoms with Gasteiger partial charge in [0.25, 0.3) is 0 Å². The van der Waals surface area contributed by atoms with E-state index in [0.29, 0.717) is 6.42 Å². The molecule has 68 valence electrons. The molecule has 0 bridgehead atoms. The molecule has 11 heavy (non-hydrogen) atoms. The molecule has 1 atom stereocenters. The Hall–Kier alpha value is -0.300. The normalized spacial score (nSPS) is 11.8. The standard InChI is InChI=1S/C5H11NO3S.H3N/c1-10-3-2-4(6-9)5(7)8;/h4,6,9H,2-3H2,1H3,(H,7,8);1H3. The van der Waals surface area contributed by atoms with Gasteiger partial charge in [-0.15, -0.1) is 0 Å². The second-order valence-corrected chi connectivity index (χ2v) is 2.79. The van der Waals surface area contributed by atoms with Crippen LogP contribution in [0.2, 0.25) is 0 Å². The Morgan fingerprint density at radius 2 is 2.27 bits per heavy atom. The van der Waals surface area contributed by atoms with Crippen molar-refractivity contribution in [3.05, 3.63) is 0 Å². The summed E-state index contributed by atoms with van der Waals surface area (Å²) in [5.74, 6) is -0.290.